The maximum absolute atomic E-state index is 13.2. The second-order valence-corrected chi connectivity index (χ2v) is 3.27. The van der Waals surface area contributed by atoms with Gasteiger partial charge in [-0.2, -0.15) is 0 Å². The van der Waals surface area contributed by atoms with Crippen molar-refractivity contribution in [2.75, 3.05) is 5.73 Å². The van der Waals surface area contributed by atoms with Crippen LogP contribution in [0, 0.1) is 5.82 Å². The fourth-order valence-corrected chi connectivity index (χ4v) is 1.39. The van der Waals surface area contributed by atoms with E-state index in [0.29, 0.717) is 5.56 Å². The summed E-state index contributed by atoms with van der Waals surface area (Å²) >= 11 is 0. The minimum absolute atomic E-state index is 0.121. The first kappa shape index (κ1) is 10.3. The summed E-state index contributed by atoms with van der Waals surface area (Å²) in [6.45, 7) is 0. The molecule has 0 amide bonds. The predicted octanol–water partition coefficient (Wildman–Crippen LogP) is 2.03. The summed E-state index contributed by atoms with van der Waals surface area (Å²) in [5.74, 6) is -0.890. The van der Waals surface area contributed by atoms with Gasteiger partial charge < -0.3 is 5.73 Å². The molecule has 80 valence electrons. The molecule has 2 aromatic rings. The Hall–Kier alpha value is -2.23. The maximum atomic E-state index is 13.2. The number of rotatable bonds is 2. The van der Waals surface area contributed by atoms with Crippen molar-refractivity contribution < 1.29 is 9.18 Å². The van der Waals surface area contributed by atoms with Gasteiger partial charge in [-0.1, -0.05) is 6.07 Å². The molecular formula is C12H9FN2O. The fourth-order valence-electron chi connectivity index (χ4n) is 1.39. The van der Waals surface area contributed by atoms with Crippen LogP contribution in [-0.2, 0) is 0 Å². The molecule has 0 bridgehead atoms. The van der Waals surface area contributed by atoms with Gasteiger partial charge in [-0.15, -0.1) is 0 Å². The smallest absolute Gasteiger partial charge is 0.195 e. The van der Waals surface area contributed by atoms with Crippen molar-refractivity contribution in [3.8, 4) is 0 Å². The number of aromatic nitrogens is 1. The Morgan fingerprint density at radius 3 is 2.56 bits per heavy atom. The number of pyridine rings is 1. The van der Waals surface area contributed by atoms with Gasteiger partial charge in [0.25, 0.3) is 0 Å². The van der Waals surface area contributed by atoms with E-state index in [1.165, 1.54) is 30.6 Å². The van der Waals surface area contributed by atoms with Crippen LogP contribution in [0.1, 0.15) is 15.9 Å². The maximum Gasteiger partial charge on any atom is 0.195 e. The molecule has 1 aromatic carbocycles. The zero-order chi connectivity index (χ0) is 11.5. The zero-order valence-corrected chi connectivity index (χ0v) is 8.35. The number of nitrogen functional groups attached to an aromatic ring is 1. The Kier molecular flexibility index (Phi) is 2.64. The van der Waals surface area contributed by atoms with E-state index < -0.39 is 5.82 Å². The predicted molar refractivity (Wildman–Crippen MR) is 58.5 cm³/mol. The molecule has 16 heavy (non-hydrogen) atoms. The lowest BCUT2D eigenvalue weighted by Gasteiger charge is -2.04. The van der Waals surface area contributed by atoms with Crippen LogP contribution in [0.5, 0.6) is 0 Å². The van der Waals surface area contributed by atoms with Gasteiger partial charge in [-0.05, 0) is 24.3 Å². The third kappa shape index (κ3) is 1.77. The van der Waals surface area contributed by atoms with E-state index in [0.717, 1.165) is 0 Å². The van der Waals surface area contributed by atoms with E-state index in [9.17, 15) is 9.18 Å². The average molecular weight is 216 g/mol. The number of carbonyl (C=O) groups is 1. The van der Waals surface area contributed by atoms with Crippen molar-refractivity contribution in [1.29, 1.82) is 0 Å². The van der Waals surface area contributed by atoms with Crippen molar-refractivity contribution in [1.82, 2.24) is 4.98 Å². The molecule has 2 N–H and O–H groups in total. The van der Waals surface area contributed by atoms with Crippen molar-refractivity contribution in [2.45, 2.75) is 0 Å². The van der Waals surface area contributed by atoms with Crippen LogP contribution in [0.25, 0.3) is 0 Å². The number of halogens is 1. The van der Waals surface area contributed by atoms with Crippen LogP contribution >= 0.6 is 0 Å². The zero-order valence-electron chi connectivity index (χ0n) is 8.35. The fraction of sp³-hybridized carbons (Fsp3) is 0. The van der Waals surface area contributed by atoms with Crippen molar-refractivity contribution in [3.05, 3.63) is 59.7 Å². The highest BCUT2D eigenvalue weighted by Gasteiger charge is 2.13. The summed E-state index contributed by atoms with van der Waals surface area (Å²) in [6.07, 6.45) is 3.01. The molecule has 0 aliphatic rings. The molecule has 0 saturated carbocycles. The molecule has 0 aliphatic carbocycles. The van der Waals surface area contributed by atoms with Crippen LogP contribution in [-0.4, -0.2) is 10.8 Å². The molecule has 0 fully saturated rings. The van der Waals surface area contributed by atoms with E-state index in [4.69, 9.17) is 5.73 Å². The summed E-state index contributed by atoms with van der Waals surface area (Å²) in [6, 6.07) is 7.30. The second-order valence-electron chi connectivity index (χ2n) is 3.27. The normalized spacial score (nSPS) is 10.1. The number of hydrogen-bond acceptors (Lipinski definition) is 3. The summed E-state index contributed by atoms with van der Waals surface area (Å²) < 4.78 is 13.2. The number of hydrogen-bond donors (Lipinski definition) is 1. The van der Waals surface area contributed by atoms with Crippen LogP contribution in [0.15, 0.2) is 42.7 Å². The molecule has 0 spiro atoms. The number of nitrogens with two attached hydrogens (primary N) is 1. The van der Waals surface area contributed by atoms with Gasteiger partial charge in [0, 0.05) is 23.5 Å². The van der Waals surface area contributed by atoms with Gasteiger partial charge in [0.05, 0.1) is 5.69 Å². The molecule has 0 saturated heterocycles. The first-order chi connectivity index (χ1) is 7.70. The van der Waals surface area contributed by atoms with Crippen molar-refractivity contribution >= 4 is 11.5 Å². The second kappa shape index (κ2) is 4.10. The molecule has 0 unspecified atom stereocenters. The number of carbonyl (C=O) groups excluding carboxylic acids is 1. The summed E-state index contributed by atoms with van der Waals surface area (Å²) in [7, 11) is 0. The average Bonchev–Trinajstić information content (AvgIpc) is 2.33. The lowest BCUT2D eigenvalue weighted by atomic mass is 10.0. The van der Waals surface area contributed by atoms with E-state index in [-0.39, 0.29) is 17.0 Å². The van der Waals surface area contributed by atoms with Gasteiger partial charge in [-0.3, -0.25) is 9.78 Å². The van der Waals surface area contributed by atoms with Gasteiger partial charge >= 0.3 is 0 Å². The van der Waals surface area contributed by atoms with Crippen LogP contribution in [0.4, 0.5) is 10.1 Å². The van der Waals surface area contributed by atoms with Crippen LogP contribution in [0.2, 0.25) is 0 Å². The number of nitrogens with zero attached hydrogens (tertiary/aromatic N) is 1. The molecule has 1 aromatic heterocycles. The van der Waals surface area contributed by atoms with E-state index in [2.05, 4.69) is 4.98 Å². The first-order valence-electron chi connectivity index (χ1n) is 4.69. The van der Waals surface area contributed by atoms with E-state index in [1.54, 1.807) is 12.1 Å². The molecule has 0 radical (unpaired) electrons. The SMILES string of the molecule is Nc1c(F)cccc1C(=O)c1ccncc1. The highest BCUT2D eigenvalue weighted by atomic mass is 19.1. The Morgan fingerprint density at radius 2 is 1.88 bits per heavy atom. The molecule has 0 atom stereocenters. The monoisotopic (exact) mass is 216 g/mol. The standard InChI is InChI=1S/C12H9FN2O/c13-10-3-1-2-9(11(10)14)12(16)8-4-6-15-7-5-8/h1-7H,14H2. The first-order valence-corrected chi connectivity index (χ1v) is 4.69. The summed E-state index contributed by atoms with van der Waals surface area (Å²) in [4.78, 5) is 15.7. The molecule has 4 heteroatoms. The van der Waals surface area contributed by atoms with Crippen molar-refractivity contribution in [3.63, 3.8) is 0 Å². The number of anilines is 1. The van der Waals surface area contributed by atoms with Gasteiger partial charge in [0.2, 0.25) is 0 Å². The number of benzene rings is 1. The minimum Gasteiger partial charge on any atom is -0.396 e. The Balaban J connectivity index is 2.46. The van der Waals surface area contributed by atoms with Gasteiger partial charge in [0.15, 0.2) is 5.78 Å². The molecule has 0 aliphatic heterocycles. The molecule has 3 nitrogen and oxygen atoms in total. The van der Waals surface area contributed by atoms with Crippen LogP contribution in [0.3, 0.4) is 0 Å². The van der Waals surface area contributed by atoms with E-state index >= 15 is 0 Å². The van der Waals surface area contributed by atoms with Gasteiger partial charge in [0.1, 0.15) is 5.82 Å². The highest BCUT2D eigenvalue weighted by Crippen LogP contribution is 2.19. The highest BCUT2D eigenvalue weighted by molar-refractivity contribution is 6.11. The molecule has 1 heterocycles. The quantitative estimate of drug-likeness (QED) is 0.617. The lowest BCUT2D eigenvalue weighted by Crippen LogP contribution is -2.06. The van der Waals surface area contributed by atoms with E-state index in [1.807, 2.05) is 0 Å². The van der Waals surface area contributed by atoms with Gasteiger partial charge in [-0.25, -0.2) is 4.39 Å². The number of ketones is 1. The Bertz CT molecular complexity index is 526. The minimum atomic E-state index is -0.583. The summed E-state index contributed by atoms with van der Waals surface area (Å²) in [5.41, 5.74) is 6.00. The molecule has 2 rings (SSSR count). The summed E-state index contributed by atoms with van der Waals surface area (Å²) in [5, 5.41) is 0. The third-order valence-electron chi connectivity index (χ3n) is 2.24. The lowest BCUT2D eigenvalue weighted by molar-refractivity contribution is 0.103. The van der Waals surface area contributed by atoms with Crippen molar-refractivity contribution in [2.24, 2.45) is 0 Å². The topological polar surface area (TPSA) is 56.0 Å². The largest absolute Gasteiger partial charge is 0.396 e. The molecular weight excluding hydrogens is 207 g/mol. The third-order valence-corrected chi connectivity index (χ3v) is 2.24. The Morgan fingerprint density at radius 1 is 1.19 bits per heavy atom. The Labute approximate surface area is 91.7 Å². The van der Waals surface area contributed by atoms with Crippen LogP contribution < -0.4 is 5.73 Å². The number of para-hydroxylation sites is 1.